The number of benzene rings is 3. The quantitative estimate of drug-likeness (QED) is 0.282. The van der Waals surface area contributed by atoms with Crippen LogP contribution in [0, 0.1) is 20.2 Å². The van der Waals surface area contributed by atoms with Crippen LogP contribution in [0.2, 0.25) is 0 Å². The number of amides is 1. The summed E-state index contributed by atoms with van der Waals surface area (Å²) in [6.45, 7) is 0. The van der Waals surface area contributed by atoms with Crippen LogP contribution in [0.1, 0.15) is 20.7 Å². The molecule has 3 aromatic rings. The Balaban J connectivity index is 1.61. The first-order chi connectivity index (χ1) is 14.3. The monoisotopic (exact) mass is 407 g/mol. The fourth-order valence-corrected chi connectivity index (χ4v) is 2.43. The van der Waals surface area contributed by atoms with Crippen LogP contribution in [-0.4, -0.2) is 21.7 Å². The van der Waals surface area contributed by atoms with Crippen LogP contribution in [0.4, 0.5) is 17.1 Å². The van der Waals surface area contributed by atoms with E-state index in [2.05, 4.69) is 5.32 Å². The number of hydrogen-bond acceptors (Lipinski definition) is 7. The highest BCUT2D eigenvalue weighted by atomic mass is 16.6. The Morgan fingerprint density at radius 2 is 1.17 bits per heavy atom. The van der Waals surface area contributed by atoms with E-state index in [0.29, 0.717) is 5.69 Å². The molecule has 150 valence electrons. The van der Waals surface area contributed by atoms with E-state index in [9.17, 15) is 29.8 Å². The molecule has 0 spiro atoms. The lowest BCUT2D eigenvalue weighted by molar-refractivity contribution is -0.385. The molecule has 0 heterocycles. The number of nitro groups is 2. The maximum absolute atomic E-state index is 12.2. The molecular formula is C20H13N3O7. The maximum Gasteiger partial charge on any atom is 0.343 e. The van der Waals surface area contributed by atoms with Crippen molar-refractivity contribution in [3.63, 3.8) is 0 Å². The number of carbonyl (C=O) groups excluding carboxylic acids is 2. The molecule has 1 N–H and O–H groups in total. The highest BCUT2D eigenvalue weighted by molar-refractivity contribution is 6.04. The first-order valence-electron chi connectivity index (χ1n) is 8.46. The van der Waals surface area contributed by atoms with Gasteiger partial charge in [-0.2, -0.15) is 0 Å². The lowest BCUT2D eigenvalue weighted by Gasteiger charge is -2.07. The number of nitrogens with one attached hydrogen (secondary N) is 1. The van der Waals surface area contributed by atoms with Crippen molar-refractivity contribution in [3.8, 4) is 5.75 Å². The van der Waals surface area contributed by atoms with Crippen LogP contribution >= 0.6 is 0 Å². The molecule has 0 aliphatic rings. The van der Waals surface area contributed by atoms with Gasteiger partial charge in [0, 0.05) is 35.5 Å². The first kappa shape index (κ1) is 20.1. The van der Waals surface area contributed by atoms with E-state index in [0.717, 1.165) is 0 Å². The number of nitro benzene ring substituents is 2. The third-order valence-corrected chi connectivity index (χ3v) is 3.98. The normalized spacial score (nSPS) is 10.1. The van der Waals surface area contributed by atoms with Gasteiger partial charge in [-0.05, 0) is 48.5 Å². The fourth-order valence-electron chi connectivity index (χ4n) is 2.43. The minimum atomic E-state index is -0.687. The van der Waals surface area contributed by atoms with Crippen LogP contribution in [0.15, 0.2) is 72.8 Å². The number of non-ortho nitro benzene ring substituents is 2. The maximum atomic E-state index is 12.2. The predicted molar refractivity (Wildman–Crippen MR) is 106 cm³/mol. The molecule has 1 amide bonds. The van der Waals surface area contributed by atoms with E-state index >= 15 is 0 Å². The van der Waals surface area contributed by atoms with Crippen LogP contribution in [0.3, 0.4) is 0 Å². The van der Waals surface area contributed by atoms with Gasteiger partial charge >= 0.3 is 5.97 Å². The Kier molecular flexibility index (Phi) is 5.78. The second-order valence-electron chi connectivity index (χ2n) is 5.98. The first-order valence-corrected chi connectivity index (χ1v) is 8.46. The van der Waals surface area contributed by atoms with Crippen molar-refractivity contribution in [1.29, 1.82) is 0 Å². The van der Waals surface area contributed by atoms with Crippen LogP contribution < -0.4 is 10.1 Å². The van der Waals surface area contributed by atoms with Gasteiger partial charge in [-0.25, -0.2) is 4.79 Å². The van der Waals surface area contributed by atoms with E-state index < -0.39 is 21.7 Å². The number of ether oxygens (including phenoxy) is 1. The Morgan fingerprint density at radius 3 is 1.63 bits per heavy atom. The number of rotatable bonds is 6. The minimum Gasteiger partial charge on any atom is -0.423 e. The molecule has 3 aromatic carbocycles. The fraction of sp³-hybridized carbons (Fsp3) is 0. The number of carbonyl (C=O) groups is 2. The van der Waals surface area contributed by atoms with Gasteiger partial charge in [-0.3, -0.25) is 25.0 Å². The summed E-state index contributed by atoms with van der Waals surface area (Å²) in [6, 6.07) is 16.1. The second-order valence-corrected chi connectivity index (χ2v) is 5.98. The number of hydrogen-bond donors (Lipinski definition) is 1. The minimum absolute atomic E-state index is 0.120. The van der Waals surface area contributed by atoms with E-state index in [1.807, 2.05) is 0 Å². The number of esters is 1. The molecule has 30 heavy (non-hydrogen) atoms. The van der Waals surface area contributed by atoms with Gasteiger partial charge in [-0.1, -0.05) is 0 Å². The standard InChI is InChI=1S/C20H13N3O7/c24-19(13-1-7-16(8-2-13)22(26)27)21-15-5-11-18(12-6-15)30-20(25)14-3-9-17(10-4-14)23(28)29/h1-12H,(H,21,24). The summed E-state index contributed by atoms with van der Waals surface area (Å²) in [7, 11) is 0. The SMILES string of the molecule is O=C(Nc1ccc(OC(=O)c2ccc([N+](=O)[O-])cc2)cc1)c1ccc([N+](=O)[O-])cc1. The summed E-state index contributed by atoms with van der Waals surface area (Å²) in [6.07, 6.45) is 0. The third-order valence-electron chi connectivity index (χ3n) is 3.98. The smallest absolute Gasteiger partial charge is 0.343 e. The van der Waals surface area contributed by atoms with Gasteiger partial charge in [0.05, 0.1) is 15.4 Å². The van der Waals surface area contributed by atoms with Crippen molar-refractivity contribution in [1.82, 2.24) is 0 Å². The lowest BCUT2D eigenvalue weighted by Crippen LogP contribution is -2.12. The molecule has 3 rings (SSSR count). The third kappa shape index (κ3) is 4.81. The topological polar surface area (TPSA) is 142 Å². The lowest BCUT2D eigenvalue weighted by atomic mass is 10.2. The summed E-state index contributed by atoms with van der Waals surface area (Å²) in [5, 5.41) is 23.9. The van der Waals surface area contributed by atoms with Gasteiger partial charge in [0.1, 0.15) is 5.75 Å². The van der Waals surface area contributed by atoms with E-state index in [1.54, 1.807) is 0 Å². The summed E-state index contributed by atoms with van der Waals surface area (Å²) < 4.78 is 5.20. The summed E-state index contributed by atoms with van der Waals surface area (Å²) >= 11 is 0. The van der Waals surface area contributed by atoms with Crippen molar-refractivity contribution in [3.05, 3.63) is 104 Å². The van der Waals surface area contributed by atoms with E-state index in [1.165, 1.54) is 72.8 Å². The molecule has 0 aliphatic heterocycles. The van der Waals surface area contributed by atoms with E-state index in [4.69, 9.17) is 4.74 Å². The van der Waals surface area contributed by atoms with E-state index in [-0.39, 0.29) is 28.3 Å². The Labute approximate surface area is 169 Å². The Morgan fingerprint density at radius 1 is 0.700 bits per heavy atom. The second kappa shape index (κ2) is 8.61. The zero-order valence-electron chi connectivity index (χ0n) is 15.2. The molecule has 0 unspecified atom stereocenters. The Bertz CT molecular complexity index is 1020. The van der Waals surface area contributed by atoms with Crippen molar-refractivity contribution < 1.29 is 24.2 Å². The van der Waals surface area contributed by atoms with Gasteiger partial charge in [0.2, 0.25) is 0 Å². The van der Waals surface area contributed by atoms with Gasteiger partial charge < -0.3 is 10.1 Å². The molecule has 0 saturated carbocycles. The summed E-state index contributed by atoms with van der Waals surface area (Å²) in [5.41, 5.74) is 0.560. The molecule has 0 aliphatic carbocycles. The van der Waals surface area contributed by atoms with Crippen molar-refractivity contribution in [2.45, 2.75) is 0 Å². The molecule has 0 fully saturated rings. The zero-order chi connectivity index (χ0) is 21.7. The van der Waals surface area contributed by atoms with Gasteiger partial charge in [0.25, 0.3) is 17.3 Å². The molecule has 10 heteroatoms. The Hall–Kier alpha value is -4.60. The molecule has 0 saturated heterocycles. The predicted octanol–water partition coefficient (Wildman–Crippen LogP) is 3.97. The molecule has 0 atom stereocenters. The highest BCUT2D eigenvalue weighted by Crippen LogP contribution is 2.19. The summed E-state index contributed by atoms with van der Waals surface area (Å²) in [5.74, 6) is -0.931. The van der Waals surface area contributed by atoms with Gasteiger partial charge in [-0.15, -0.1) is 0 Å². The largest absolute Gasteiger partial charge is 0.423 e. The number of anilines is 1. The average Bonchev–Trinajstić information content (AvgIpc) is 2.75. The summed E-state index contributed by atoms with van der Waals surface area (Å²) in [4.78, 5) is 44.5. The van der Waals surface area contributed by atoms with Crippen molar-refractivity contribution in [2.24, 2.45) is 0 Å². The van der Waals surface area contributed by atoms with Crippen LogP contribution in [0.25, 0.3) is 0 Å². The molecule has 0 radical (unpaired) electrons. The van der Waals surface area contributed by atoms with Crippen LogP contribution in [0.5, 0.6) is 5.75 Å². The van der Waals surface area contributed by atoms with Gasteiger partial charge in [0.15, 0.2) is 0 Å². The highest BCUT2D eigenvalue weighted by Gasteiger charge is 2.13. The van der Waals surface area contributed by atoms with Crippen LogP contribution in [-0.2, 0) is 0 Å². The molecule has 10 nitrogen and oxygen atoms in total. The van der Waals surface area contributed by atoms with Crippen molar-refractivity contribution >= 4 is 28.9 Å². The average molecular weight is 407 g/mol. The van der Waals surface area contributed by atoms with Crippen molar-refractivity contribution in [2.75, 3.05) is 5.32 Å². The zero-order valence-corrected chi connectivity index (χ0v) is 15.2. The molecule has 0 aromatic heterocycles. The molecule has 0 bridgehead atoms. The number of nitrogens with zero attached hydrogens (tertiary/aromatic N) is 2. The molecular weight excluding hydrogens is 394 g/mol.